The van der Waals surface area contributed by atoms with Gasteiger partial charge in [-0.25, -0.2) is 4.79 Å². The fourth-order valence-electron chi connectivity index (χ4n) is 3.90. The van der Waals surface area contributed by atoms with E-state index in [4.69, 9.17) is 4.74 Å². The molecule has 2 amide bonds. The molecule has 3 rings (SSSR count). The molecule has 0 bridgehead atoms. The molecule has 0 saturated carbocycles. The van der Waals surface area contributed by atoms with Crippen LogP contribution in [-0.4, -0.2) is 33.6 Å². The Labute approximate surface area is 168 Å². The number of non-ortho nitro benzene ring substituents is 1. The zero-order valence-corrected chi connectivity index (χ0v) is 16.4. The Morgan fingerprint density at radius 3 is 2.38 bits per heavy atom. The molecule has 1 aromatic carbocycles. The van der Waals surface area contributed by atoms with Gasteiger partial charge >= 0.3 is 5.97 Å². The predicted molar refractivity (Wildman–Crippen MR) is 103 cm³/mol. The van der Waals surface area contributed by atoms with E-state index in [1.165, 1.54) is 18.2 Å². The molecule has 2 aliphatic rings. The summed E-state index contributed by atoms with van der Waals surface area (Å²) in [4.78, 5) is 50.0. The Kier molecular flexibility index (Phi) is 6.10. The van der Waals surface area contributed by atoms with Gasteiger partial charge in [0.2, 0.25) is 11.8 Å². The number of carbonyl (C=O) groups excluding carboxylic acids is 3. The van der Waals surface area contributed by atoms with E-state index in [1.807, 2.05) is 26.0 Å². The largest absolute Gasteiger partial charge is 0.459 e. The number of hydrogen-bond donors (Lipinski definition) is 0. The van der Waals surface area contributed by atoms with Crippen molar-refractivity contribution in [3.63, 3.8) is 0 Å². The molecule has 29 heavy (non-hydrogen) atoms. The number of nitro groups is 1. The predicted octanol–water partition coefficient (Wildman–Crippen LogP) is 3.00. The molecule has 154 valence electrons. The lowest BCUT2D eigenvalue weighted by Gasteiger charge is -2.26. The van der Waals surface area contributed by atoms with E-state index in [0.717, 1.165) is 4.90 Å². The molecule has 0 aromatic heterocycles. The van der Waals surface area contributed by atoms with Gasteiger partial charge in [-0.3, -0.25) is 24.6 Å². The second-order valence-corrected chi connectivity index (χ2v) is 7.88. The number of rotatable bonds is 7. The highest BCUT2D eigenvalue weighted by molar-refractivity contribution is 6.08. The number of nitrogens with zero attached hydrogens (tertiary/aromatic N) is 2. The summed E-state index contributed by atoms with van der Waals surface area (Å²) >= 11 is 0. The van der Waals surface area contributed by atoms with Gasteiger partial charge in [-0.05, 0) is 30.7 Å². The topological polar surface area (TPSA) is 107 Å². The highest BCUT2D eigenvalue weighted by Crippen LogP contribution is 2.37. The molecule has 8 nitrogen and oxygen atoms in total. The second kappa shape index (κ2) is 8.55. The van der Waals surface area contributed by atoms with Gasteiger partial charge < -0.3 is 4.74 Å². The maximum absolute atomic E-state index is 12.9. The van der Waals surface area contributed by atoms with Crippen molar-refractivity contribution in [3.8, 4) is 0 Å². The van der Waals surface area contributed by atoms with E-state index >= 15 is 0 Å². The number of fused-ring (bicyclic) bond motifs is 1. The Morgan fingerprint density at radius 2 is 1.83 bits per heavy atom. The van der Waals surface area contributed by atoms with Gasteiger partial charge in [0.1, 0.15) is 12.6 Å². The van der Waals surface area contributed by atoms with Gasteiger partial charge in [-0.1, -0.05) is 38.1 Å². The van der Waals surface area contributed by atoms with Crippen molar-refractivity contribution < 1.29 is 24.0 Å². The molecule has 1 saturated heterocycles. The smallest absolute Gasteiger partial charge is 0.329 e. The summed E-state index contributed by atoms with van der Waals surface area (Å²) in [6.07, 6.45) is 5.10. The first-order valence-electron chi connectivity index (χ1n) is 9.71. The number of hydrogen-bond acceptors (Lipinski definition) is 6. The van der Waals surface area contributed by atoms with E-state index < -0.39 is 28.8 Å². The first-order chi connectivity index (χ1) is 13.8. The summed E-state index contributed by atoms with van der Waals surface area (Å²) in [7, 11) is 0. The number of benzene rings is 1. The van der Waals surface area contributed by atoms with Crippen molar-refractivity contribution in [2.45, 2.75) is 45.8 Å². The Balaban J connectivity index is 1.75. The molecule has 1 aromatic rings. The molecule has 1 aliphatic heterocycles. The highest BCUT2D eigenvalue weighted by Gasteiger charge is 2.51. The summed E-state index contributed by atoms with van der Waals surface area (Å²) in [5, 5.41) is 10.9. The van der Waals surface area contributed by atoms with Crippen LogP contribution in [0.3, 0.4) is 0 Å². The third-order valence-corrected chi connectivity index (χ3v) is 5.32. The van der Waals surface area contributed by atoms with Gasteiger partial charge in [0.25, 0.3) is 5.69 Å². The highest BCUT2D eigenvalue weighted by atomic mass is 16.6. The maximum Gasteiger partial charge on any atom is 0.329 e. The van der Waals surface area contributed by atoms with Crippen molar-refractivity contribution in [3.05, 3.63) is 52.1 Å². The van der Waals surface area contributed by atoms with Crippen LogP contribution in [0, 0.1) is 27.9 Å². The first-order valence-corrected chi connectivity index (χ1v) is 9.71. The summed E-state index contributed by atoms with van der Waals surface area (Å²) in [5.41, 5.74) is 0.367. The van der Waals surface area contributed by atoms with E-state index in [-0.39, 0.29) is 30.0 Å². The van der Waals surface area contributed by atoms with Crippen molar-refractivity contribution in [2.24, 2.45) is 17.8 Å². The first kappa shape index (κ1) is 20.7. The molecule has 3 atom stereocenters. The SMILES string of the molecule is CC(C)CC(C(=O)OCc1cccc([N+](=O)[O-])c1)N1C(=O)C2CC=CCC2C1=O. The van der Waals surface area contributed by atoms with E-state index in [9.17, 15) is 24.5 Å². The third-order valence-electron chi connectivity index (χ3n) is 5.32. The average Bonchev–Trinajstić information content (AvgIpc) is 2.95. The summed E-state index contributed by atoms with van der Waals surface area (Å²) in [5.74, 6) is -2.06. The molecular weight excluding hydrogens is 376 g/mol. The van der Waals surface area contributed by atoms with Crippen LogP contribution in [0.2, 0.25) is 0 Å². The lowest BCUT2D eigenvalue weighted by atomic mass is 9.85. The van der Waals surface area contributed by atoms with Crippen molar-refractivity contribution >= 4 is 23.5 Å². The van der Waals surface area contributed by atoms with Crippen LogP contribution in [0.25, 0.3) is 0 Å². The number of ether oxygens (including phenoxy) is 1. The molecule has 1 heterocycles. The van der Waals surface area contributed by atoms with Crippen LogP contribution >= 0.6 is 0 Å². The number of carbonyl (C=O) groups is 3. The number of amides is 2. The van der Waals surface area contributed by atoms with Gasteiger partial charge in [0, 0.05) is 12.1 Å². The number of imide groups is 1. The minimum atomic E-state index is -0.987. The van der Waals surface area contributed by atoms with Crippen LogP contribution in [0.5, 0.6) is 0 Å². The van der Waals surface area contributed by atoms with Gasteiger partial charge in [-0.2, -0.15) is 0 Å². The molecule has 0 N–H and O–H groups in total. The van der Waals surface area contributed by atoms with Crippen molar-refractivity contribution in [1.29, 1.82) is 0 Å². The average molecular weight is 400 g/mol. The molecule has 3 unspecified atom stereocenters. The quantitative estimate of drug-likeness (QED) is 0.229. The normalized spacial score (nSPS) is 22.0. The Morgan fingerprint density at radius 1 is 1.21 bits per heavy atom. The summed E-state index contributed by atoms with van der Waals surface area (Å²) < 4.78 is 5.37. The Hall–Kier alpha value is -3.03. The number of allylic oxidation sites excluding steroid dienone is 2. The molecule has 1 fully saturated rings. The lowest BCUT2D eigenvalue weighted by molar-refractivity contribution is -0.384. The Bertz CT molecular complexity index is 836. The number of esters is 1. The van der Waals surface area contributed by atoms with E-state index in [2.05, 4.69) is 0 Å². The summed E-state index contributed by atoms with van der Waals surface area (Å²) in [6, 6.07) is 4.82. The second-order valence-electron chi connectivity index (χ2n) is 7.88. The van der Waals surface area contributed by atoms with Crippen LogP contribution in [0.4, 0.5) is 5.69 Å². The number of nitro benzene ring substituents is 1. The van der Waals surface area contributed by atoms with Crippen molar-refractivity contribution in [1.82, 2.24) is 4.90 Å². The third kappa shape index (κ3) is 4.36. The zero-order chi connectivity index (χ0) is 21.1. The fourth-order valence-corrected chi connectivity index (χ4v) is 3.90. The molecular formula is C21H24N2O6. The standard InChI is InChI=1S/C21H24N2O6/c1-13(2)10-18(22-19(24)16-8-3-4-9-17(16)20(22)25)21(26)29-12-14-6-5-7-15(11-14)23(27)28/h3-7,11,13,16-18H,8-10,12H2,1-2H3. The van der Waals surface area contributed by atoms with Gasteiger partial charge in [-0.15, -0.1) is 0 Å². The van der Waals surface area contributed by atoms with Crippen LogP contribution < -0.4 is 0 Å². The van der Waals surface area contributed by atoms with Crippen LogP contribution in [0.1, 0.15) is 38.7 Å². The monoisotopic (exact) mass is 400 g/mol. The van der Waals surface area contributed by atoms with Crippen molar-refractivity contribution in [2.75, 3.05) is 0 Å². The minimum absolute atomic E-state index is 0.0618. The molecule has 8 heteroatoms. The maximum atomic E-state index is 12.9. The number of likely N-dealkylation sites (tertiary alicyclic amines) is 1. The fraction of sp³-hybridized carbons (Fsp3) is 0.476. The van der Waals surface area contributed by atoms with Crippen LogP contribution in [0.15, 0.2) is 36.4 Å². The minimum Gasteiger partial charge on any atom is -0.459 e. The summed E-state index contributed by atoms with van der Waals surface area (Å²) in [6.45, 7) is 3.64. The zero-order valence-electron chi connectivity index (χ0n) is 16.4. The molecule has 1 aliphatic carbocycles. The molecule has 0 spiro atoms. The van der Waals surface area contributed by atoms with E-state index in [0.29, 0.717) is 24.8 Å². The van der Waals surface area contributed by atoms with Crippen LogP contribution in [-0.2, 0) is 25.7 Å². The van der Waals surface area contributed by atoms with Gasteiger partial charge in [0.05, 0.1) is 16.8 Å². The van der Waals surface area contributed by atoms with E-state index in [1.54, 1.807) is 6.07 Å². The van der Waals surface area contributed by atoms with Gasteiger partial charge in [0.15, 0.2) is 0 Å². The molecule has 0 radical (unpaired) electrons. The lowest BCUT2D eigenvalue weighted by Crippen LogP contribution is -2.47.